The predicted octanol–water partition coefficient (Wildman–Crippen LogP) is 0.673. The van der Waals surface area contributed by atoms with E-state index < -0.39 is 0 Å². The van der Waals surface area contributed by atoms with Gasteiger partial charge in [-0.3, -0.25) is 9.69 Å². The normalized spacial score (nSPS) is 24.1. The first-order valence-electron chi connectivity index (χ1n) is 6.59. The Morgan fingerprint density at radius 1 is 1.47 bits per heavy atom. The van der Waals surface area contributed by atoms with Crippen LogP contribution in [0.4, 0.5) is 5.69 Å². The molecule has 2 atom stereocenters. The maximum absolute atomic E-state index is 12.0. The van der Waals surface area contributed by atoms with Gasteiger partial charge >= 0.3 is 0 Å². The number of hydrogen-bond donors (Lipinski definition) is 2. The number of rotatable bonds is 4. The molecule has 2 rings (SSSR count). The zero-order valence-corrected chi connectivity index (χ0v) is 11.2. The molecule has 19 heavy (non-hydrogen) atoms. The average molecular weight is 263 g/mol. The van der Waals surface area contributed by atoms with E-state index in [1.54, 1.807) is 0 Å². The van der Waals surface area contributed by atoms with Gasteiger partial charge in [0.05, 0.1) is 19.3 Å². The summed E-state index contributed by atoms with van der Waals surface area (Å²) in [5, 5.41) is 2.89. The molecule has 1 aromatic carbocycles. The highest BCUT2D eigenvalue weighted by molar-refractivity contribution is 5.92. The molecule has 0 aliphatic carbocycles. The Balaban J connectivity index is 1.87. The van der Waals surface area contributed by atoms with E-state index in [-0.39, 0.29) is 18.1 Å². The van der Waals surface area contributed by atoms with Gasteiger partial charge in [0.2, 0.25) is 5.91 Å². The van der Waals surface area contributed by atoms with Crippen molar-refractivity contribution in [2.24, 2.45) is 5.73 Å². The SMILES string of the molecule is CC1COC(CN)CN1CC(=O)Nc1ccccc1. The van der Waals surface area contributed by atoms with Crippen LogP contribution in [0.1, 0.15) is 6.92 Å². The van der Waals surface area contributed by atoms with Crippen LogP contribution in [0, 0.1) is 0 Å². The van der Waals surface area contributed by atoms with Crippen LogP contribution in [0.3, 0.4) is 0 Å². The third-order valence-corrected chi connectivity index (χ3v) is 3.30. The zero-order chi connectivity index (χ0) is 13.7. The molecule has 1 heterocycles. The maximum atomic E-state index is 12.0. The molecule has 1 aliphatic heterocycles. The third-order valence-electron chi connectivity index (χ3n) is 3.30. The Bertz CT molecular complexity index is 410. The van der Waals surface area contributed by atoms with E-state index in [9.17, 15) is 4.79 Å². The van der Waals surface area contributed by atoms with E-state index >= 15 is 0 Å². The minimum Gasteiger partial charge on any atom is -0.374 e. The van der Waals surface area contributed by atoms with Crippen molar-refractivity contribution in [3.8, 4) is 0 Å². The number of carbonyl (C=O) groups excluding carboxylic acids is 1. The molecule has 0 radical (unpaired) electrons. The molecule has 5 nitrogen and oxygen atoms in total. The molecule has 0 aromatic heterocycles. The Morgan fingerprint density at radius 2 is 2.21 bits per heavy atom. The van der Waals surface area contributed by atoms with Gasteiger partial charge in [-0.2, -0.15) is 0 Å². The number of ether oxygens (including phenoxy) is 1. The summed E-state index contributed by atoms with van der Waals surface area (Å²) in [6.07, 6.45) is 0.0284. The molecule has 104 valence electrons. The van der Waals surface area contributed by atoms with E-state index in [0.717, 1.165) is 5.69 Å². The molecule has 1 amide bonds. The molecule has 1 aromatic rings. The number of hydrogen-bond acceptors (Lipinski definition) is 4. The van der Waals surface area contributed by atoms with Crippen molar-refractivity contribution in [1.29, 1.82) is 0 Å². The first-order chi connectivity index (χ1) is 9.19. The number of nitrogens with two attached hydrogens (primary N) is 1. The van der Waals surface area contributed by atoms with Crippen LogP contribution in [0.25, 0.3) is 0 Å². The molecule has 5 heteroatoms. The van der Waals surface area contributed by atoms with Crippen molar-refractivity contribution in [3.05, 3.63) is 30.3 Å². The lowest BCUT2D eigenvalue weighted by atomic mass is 10.2. The van der Waals surface area contributed by atoms with Gasteiger partial charge in [-0.25, -0.2) is 0 Å². The summed E-state index contributed by atoms with van der Waals surface area (Å²) in [4.78, 5) is 14.1. The molecule has 0 bridgehead atoms. The van der Waals surface area contributed by atoms with E-state index in [2.05, 4.69) is 17.1 Å². The molecular weight excluding hydrogens is 242 g/mol. The van der Waals surface area contributed by atoms with E-state index in [0.29, 0.717) is 26.2 Å². The minimum absolute atomic E-state index is 0.00396. The van der Waals surface area contributed by atoms with Crippen LogP contribution in [0.15, 0.2) is 30.3 Å². The average Bonchev–Trinajstić information content (AvgIpc) is 2.42. The topological polar surface area (TPSA) is 67.6 Å². The number of amides is 1. The quantitative estimate of drug-likeness (QED) is 0.838. The van der Waals surface area contributed by atoms with Crippen molar-refractivity contribution < 1.29 is 9.53 Å². The Kier molecular flexibility index (Phi) is 4.90. The summed E-state index contributed by atoms with van der Waals surface area (Å²) in [7, 11) is 0. The second kappa shape index (κ2) is 6.65. The van der Waals surface area contributed by atoms with Crippen molar-refractivity contribution >= 4 is 11.6 Å². The fourth-order valence-electron chi connectivity index (χ4n) is 2.14. The fourth-order valence-corrected chi connectivity index (χ4v) is 2.14. The van der Waals surface area contributed by atoms with Gasteiger partial charge in [0, 0.05) is 24.8 Å². The molecule has 1 saturated heterocycles. The highest BCUT2D eigenvalue weighted by atomic mass is 16.5. The van der Waals surface area contributed by atoms with Crippen molar-refractivity contribution in [2.75, 3.05) is 31.6 Å². The van der Waals surface area contributed by atoms with Crippen LogP contribution in [-0.2, 0) is 9.53 Å². The zero-order valence-electron chi connectivity index (χ0n) is 11.2. The van der Waals surface area contributed by atoms with Crippen LogP contribution in [0.2, 0.25) is 0 Å². The van der Waals surface area contributed by atoms with E-state index in [1.165, 1.54) is 0 Å². The molecule has 0 spiro atoms. The number of anilines is 1. The predicted molar refractivity (Wildman–Crippen MR) is 74.9 cm³/mol. The highest BCUT2D eigenvalue weighted by Gasteiger charge is 2.26. The molecule has 3 N–H and O–H groups in total. The van der Waals surface area contributed by atoms with Gasteiger partial charge in [-0.05, 0) is 19.1 Å². The lowest BCUT2D eigenvalue weighted by Crippen LogP contribution is -2.52. The molecule has 2 unspecified atom stereocenters. The first-order valence-corrected chi connectivity index (χ1v) is 6.59. The molecule has 0 saturated carbocycles. The van der Waals surface area contributed by atoms with Gasteiger partial charge in [0.25, 0.3) is 0 Å². The number of benzene rings is 1. The number of nitrogens with one attached hydrogen (secondary N) is 1. The van der Waals surface area contributed by atoms with E-state index in [4.69, 9.17) is 10.5 Å². The summed E-state index contributed by atoms with van der Waals surface area (Å²) in [5.41, 5.74) is 6.44. The van der Waals surface area contributed by atoms with Crippen LogP contribution >= 0.6 is 0 Å². The fraction of sp³-hybridized carbons (Fsp3) is 0.500. The van der Waals surface area contributed by atoms with Gasteiger partial charge in [0.1, 0.15) is 0 Å². The standard InChI is InChI=1S/C14H21N3O2/c1-11-10-19-13(7-15)8-17(11)9-14(18)16-12-5-3-2-4-6-12/h2-6,11,13H,7-10,15H2,1H3,(H,16,18). The molecular formula is C14H21N3O2. The number of nitrogens with zero attached hydrogens (tertiary/aromatic N) is 1. The van der Waals surface area contributed by atoms with Crippen LogP contribution in [0.5, 0.6) is 0 Å². The summed E-state index contributed by atoms with van der Waals surface area (Å²) >= 11 is 0. The first kappa shape index (κ1) is 14.0. The van der Waals surface area contributed by atoms with Crippen molar-refractivity contribution in [2.45, 2.75) is 19.1 Å². The second-order valence-corrected chi connectivity index (χ2v) is 4.88. The monoisotopic (exact) mass is 263 g/mol. The van der Waals surface area contributed by atoms with Crippen LogP contribution < -0.4 is 11.1 Å². The molecule has 1 aliphatic rings. The van der Waals surface area contributed by atoms with Gasteiger partial charge in [-0.15, -0.1) is 0 Å². The third kappa shape index (κ3) is 4.02. The minimum atomic E-state index is -0.00396. The maximum Gasteiger partial charge on any atom is 0.238 e. The van der Waals surface area contributed by atoms with Gasteiger partial charge < -0.3 is 15.8 Å². The van der Waals surface area contributed by atoms with E-state index in [1.807, 2.05) is 30.3 Å². The van der Waals surface area contributed by atoms with Crippen molar-refractivity contribution in [1.82, 2.24) is 4.90 Å². The van der Waals surface area contributed by atoms with Gasteiger partial charge in [0.15, 0.2) is 0 Å². The largest absolute Gasteiger partial charge is 0.374 e. The second-order valence-electron chi connectivity index (χ2n) is 4.88. The Labute approximate surface area is 113 Å². The summed E-state index contributed by atoms with van der Waals surface area (Å²) in [6, 6.07) is 9.72. The van der Waals surface area contributed by atoms with Gasteiger partial charge in [-0.1, -0.05) is 18.2 Å². The summed E-state index contributed by atoms with van der Waals surface area (Å²) in [5.74, 6) is -0.00396. The Hall–Kier alpha value is -1.43. The van der Waals surface area contributed by atoms with Crippen LogP contribution in [-0.4, -0.2) is 49.2 Å². The number of para-hydroxylation sites is 1. The number of morpholine rings is 1. The number of carbonyl (C=O) groups is 1. The molecule has 1 fully saturated rings. The lowest BCUT2D eigenvalue weighted by Gasteiger charge is -2.37. The van der Waals surface area contributed by atoms with Crippen molar-refractivity contribution in [3.63, 3.8) is 0 Å². The highest BCUT2D eigenvalue weighted by Crippen LogP contribution is 2.11. The summed E-state index contributed by atoms with van der Waals surface area (Å²) < 4.78 is 5.57. The Morgan fingerprint density at radius 3 is 2.89 bits per heavy atom. The lowest BCUT2D eigenvalue weighted by molar-refractivity contribution is -0.121. The smallest absolute Gasteiger partial charge is 0.238 e. The summed E-state index contributed by atoms with van der Waals surface area (Å²) in [6.45, 7) is 4.25.